The van der Waals surface area contributed by atoms with E-state index in [0.29, 0.717) is 0 Å². The molecular formula is C13H16O. The summed E-state index contributed by atoms with van der Waals surface area (Å²) < 4.78 is 0. The summed E-state index contributed by atoms with van der Waals surface area (Å²) in [6, 6.07) is 8.53. The molecule has 74 valence electrons. The van der Waals surface area contributed by atoms with Gasteiger partial charge in [0.2, 0.25) is 0 Å². The van der Waals surface area contributed by atoms with Crippen LogP contribution < -0.4 is 0 Å². The molecule has 1 aromatic carbocycles. The predicted molar refractivity (Wildman–Crippen MR) is 59.0 cm³/mol. The normalized spacial score (nSPS) is 10.6. The van der Waals surface area contributed by atoms with Gasteiger partial charge in [-0.15, -0.1) is 12.3 Å². The quantitative estimate of drug-likeness (QED) is 0.579. The van der Waals surface area contributed by atoms with Crippen LogP contribution in [0.3, 0.4) is 0 Å². The van der Waals surface area contributed by atoms with Crippen LogP contribution in [0.2, 0.25) is 0 Å². The van der Waals surface area contributed by atoms with Crippen LogP contribution in [0.15, 0.2) is 24.3 Å². The highest BCUT2D eigenvalue weighted by atomic mass is 16.2. The molecule has 1 aromatic rings. The first-order chi connectivity index (χ1) is 6.88. The Morgan fingerprint density at radius 2 is 1.86 bits per heavy atom. The van der Waals surface area contributed by atoms with Crippen molar-refractivity contribution in [2.45, 2.75) is 25.7 Å². The Balaban J connectivity index is 0.000000140. The maximum absolute atomic E-state index is 8.22. The maximum atomic E-state index is 8.22. The number of aliphatic hydroxyl groups excluding tert-OH is 1. The summed E-state index contributed by atoms with van der Waals surface area (Å²) >= 11 is 0. The van der Waals surface area contributed by atoms with Crippen molar-refractivity contribution in [2.24, 2.45) is 0 Å². The van der Waals surface area contributed by atoms with Gasteiger partial charge in [0.25, 0.3) is 0 Å². The minimum atomic E-state index is 0.266. The van der Waals surface area contributed by atoms with Gasteiger partial charge in [0.1, 0.15) is 0 Å². The van der Waals surface area contributed by atoms with Gasteiger partial charge in [-0.3, -0.25) is 0 Å². The summed E-state index contributed by atoms with van der Waals surface area (Å²) in [5, 5.41) is 8.22. The second-order valence-electron chi connectivity index (χ2n) is 3.33. The van der Waals surface area contributed by atoms with Crippen molar-refractivity contribution in [2.75, 3.05) is 6.61 Å². The summed E-state index contributed by atoms with van der Waals surface area (Å²) in [7, 11) is 0. The molecule has 1 heteroatoms. The van der Waals surface area contributed by atoms with E-state index in [1.807, 2.05) is 0 Å². The van der Waals surface area contributed by atoms with E-state index in [1.165, 1.54) is 17.5 Å². The lowest BCUT2D eigenvalue weighted by Gasteiger charge is -1.85. The van der Waals surface area contributed by atoms with Crippen molar-refractivity contribution in [3.63, 3.8) is 0 Å². The van der Waals surface area contributed by atoms with Crippen molar-refractivity contribution in [3.8, 4) is 12.3 Å². The third-order valence-corrected chi connectivity index (χ3v) is 2.10. The molecule has 0 saturated carbocycles. The van der Waals surface area contributed by atoms with E-state index in [1.54, 1.807) is 0 Å². The number of benzene rings is 1. The van der Waals surface area contributed by atoms with Crippen LogP contribution in [0.4, 0.5) is 0 Å². The third kappa shape index (κ3) is 4.11. The summed E-state index contributed by atoms with van der Waals surface area (Å²) in [5.74, 6) is 2.49. The minimum Gasteiger partial charge on any atom is -0.396 e. The van der Waals surface area contributed by atoms with Crippen molar-refractivity contribution in [1.29, 1.82) is 0 Å². The van der Waals surface area contributed by atoms with Gasteiger partial charge < -0.3 is 5.11 Å². The fourth-order valence-corrected chi connectivity index (χ4v) is 1.18. The molecule has 1 N–H and O–H groups in total. The van der Waals surface area contributed by atoms with Crippen molar-refractivity contribution in [1.82, 2.24) is 0 Å². The van der Waals surface area contributed by atoms with Crippen LogP contribution in [0.25, 0.3) is 0 Å². The number of hydrogen-bond acceptors (Lipinski definition) is 1. The van der Waals surface area contributed by atoms with Crippen LogP contribution >= 0.6 is 0 Å². The van der Waals surface area contributed by atoms with Gasteiger partial charge >= 0.3 is 0 Å². The second kappa shape index (κ2) is 6.23. The van der Waals surface area contributed by atoms with Gasteiger partial charge in [0, 0.05) is 13.0 Å². The Hall–Kier alpha value is -1.26. The summed E-state index contributed by atoms with van der Waals surface area (Å²) in [6.07, 6.45) is 8.76. The standard InChI is InChI=1S/C7H6.C6H10O/c1-2-4-7-5-6(7)3-1;1-2-3-4-5-6-7/h1-4H,5H2;1,7H,3-6H2. The van der Waals surface area contributed by atoms with E-state index in [4.69, 9.17) is 11.5 Å². The van der Waals surface area contributed by atoms with Gasteiger partial charge in [-0.2, -0.15) is 0 Å². The summed E-state index contributed by atoms with van der Waals surface area (Å²) in [5.41, 5.74) is 3.06. The molecule has 0 radical (unpaired) electrons. The largest absolute Gasteiger partial charge is 0.396 e. The number of terminal acetylenes is 1. The first-order valence-electron chi connectivity index (χ1n) is 4.99. The Morgan fingerprint density at radius 3 is 2.29 bits per heavy atom. The molecule has 0 amide bonds. The second-order valence-corrected chi connectivity index (χ2v) is 3.33. The van der Waals surface area contributed by atoms with Crippen molar-refractivity contribution in [3.05, 3.63) is 35.4 Å². The minimum absolute atomic E-state index is 0.266. The number of rotatable bonds is 3. The molecular weight excluding hydrogens is 172 g/mol. The molecule has 0 fully saturated rings. The molecule has 0 unspecified atom stereocenters. The highest BCUT2D eigenvalue weighted by Gasteiger charge is 2.12. The van der Waals surface area contributed by atoms with Gasteiger partial charge in [-0.25, -0.2) is 0 Å². The van der Waals surface area contributed by atoms with Crippen molar-refractivity contribution < 1.29 is 5.11 Å². The molecule has 0 heterocycles. The smallest absolute Gasteiger partial charge is 0.0431 e. The van der Waals surface area contributed by atoms with Crippen LogP contribution in [0, 0.1) is 12.3 Å². The van der Waals surface area contributed by atoms with E-state index in [9.17, 15) is 0 Å². The van der Waals surface area contributed by atoms with Crippen LogP contribution in [0.5, 0.6) is 0 Å². The Morgan fingerprint density at radius 1 is 1.21 bits per heavy atom. The number of fused-ring (bicyclic) bond motifs is 1. The summed E-state index contributed by atoms with van der Waals surface area (Å²) in [4.78, 5) is 0. The molecule has 1 aliphatic rings. The molecule has 1 nitrogen and oxygen atoms in total. The van der Waals surface area contributed by atoms with E-state index in [2.05, 4.69) is 30.2 Å². The van der Waals surface area contributed by atoms with Gasteiger partial charge in [0.05, 0.1) is 0 Å². The summed E-state index contributed by atoms with van der Waals surface area (Å²) in [6.45, 7) is 0.266. The Labute approximate surface area is 85.8 Å². The average Bonchev–Trinajstić information content (AvgIpc) is 2.98. The third-order valence-electron chi connectivity index (χ3n) is 2.10. The first-order valence-corrected chi connectivity index (χ1v) is 4.99. The fourth-order valence-electron chi connectivity index (χ4n) is 1.18. The van der Waals surface area contributed by atoms with E-state index in [0.717, 1.165) is 19.3 Å². The molecule has 0 atom stereocenters. The molecule has 0 bridgehead atoms. The monoisotopic (exact) mass is 188 g/mol. The lowest BCUT2D eigenvalue weighted by Crippen LogP contribution is -1.79. The Bertz CT molecular complexity index is 288. The topological polar surface area (TPSA) is 20.2 Å². The highest BCUT2D eigenvalue weighted by molar-refractivity contribution is 5.44. The number of unbranched alkanes of at least 4 members (excludes halogenated alkanes) is 2. The molecule has 0 aromatic heterocycles. The predicted octanol–water partition coefficient (Wildman–Crippen LogP) is 2.37. The van der Waals surface area contributed by atoms with E-state index in [-0.39, 0.29) is 6.61 Å². The number of aliphatic hydroxyl groups is 1. The maximum Gasteiger partial charge on any atom is 0.0431 e. The van der Waals surface area contributed by atoms with Crippen molar-refractivity contribution >= 4 is 0 Å². The van der Waals surface area contributed by atoms with E-state index >= 15 is 0 Å². The molecule has 1 aliphatic carbocycles. The Kier molecular flexibility index (Phi) is 4.82. The zero-order valence-electron chi connectivity index (χ0n) is 8.37. The molecule has 0 saturated heterocycles. The first kappa shape index (κ1) is 10.8. The molecule has 0 aliphatic heterocycles. The lowest BCUT2D eigenvalue weighted by atomic mass is 10.2. The van der Waals surface area contributed by atoms with Gasteiger partial charge in [-0.1, -0.05) is 24.3 Å². The molecule has 0 spiro atoms. The fraction of sp³-hybridized carbons (Fsp3) is 0.385. The highest BCUT2D eigenvalue weighted by Crippen LogP contribution is 2.25. The average molecular weight is 188 g/mol. The van der Waals surface area contributed by atoms with Gasteiger partial charge in [0.15, 0.2) is 0 Å². The van der Waals surface area contributed by atoms with Gasteiger partial charge in [-0.05, 0) is 30.4 Å². The number of hydrogen-bond donors (Lipinski definition) is 1. The van der Waals surface area contributed by atoms with Crippen LogP contribution in [-0.4, -0.2) is 11.7 Å². The molecule has 14 heavy (non-hydrogen) atoms. The zero-order chi connectivity index (χ0) is 10.2. The van der Waals surface area contributed by atoms with E-state index < -0.39 is 0 Å². The lowest BCUT2D eigenvalue weighted by molar-refractivity contribution is 0.285. The molecule has 2 rings (SSSR count). The van der Waals surface area contributed by atoms with Crippen LogP contribution in [-0.2, 0) is 6.42 Å². The SMILES string of the molecule is C#CCCCCO.c1ccc2c(c1)C2. The van der Waals surface area contributed by atoms with Crippen LogP contribution in [0.1, 0.15) is 30.4 Å². The zero-order valence-corrected chi connectivity index (χ0v) is 8.37.